The molecule has 1 saturated heterocycles. The summed E-state index contributed by atoms with van der Waals surface area (Å²) < 4.78 is 13.7. The highest BCUT2D eigenvalue weighted by molar-refractivity contribution is 5.62. The van der Waals surface area contributed by atoms with Crippen molar-refractivity contribution in [1.29, 1.82) is 0 Å². The van der Waals surface area contributed by atoms with Gasteiger partial charge in [-0.15, -0.1) is 0 Å². The van der Waals surface area contributed by atoms with E-state index in [0.717, 1.165) is 56.0 Å². The van der Waals surface area contributed by atoms with Gasteiger partial charge < -0.3 is 5.11 Å². The van der Waals surface area contributed by atoms with Crippen LogP contribution in [0.15, 0.2) is 54.7 Å². The topological polar surface area (TPSA) is 55.4 Å². The van der Waals surface area contributed by atoms with Crippen LogP contribution in [0.1, 0.15) is 23.1 Å². The van der Waals surface area contributed by atoms with Gasteiger partial charge in [0.15, 0.2) is 0 Å². The van der Waals surface area contributed by atoms with Crippen molar-refractivity contribution in [1.82, 2.24) is 20.0 Å². The number of aliphatic hydroxyl groups excluding tert-OH is 1. The number of aliphatic hydroxyl groups is 1. The van der Waals surface area contributed by atoms with Crippen LogP contribution in [0.5, 0.6) is 0 Å². The predicted octanol–water partition coefficient (Wildman–Crippen LogP) is 3.59. The zero-order chi connectivity index (χ0) is 20.9. The fourth-order valence-corrected chi connectivity index (χ4v) is 4.23. The van der Waals surface area contributed by atoms with Crippen molar-refractivity contribution in [2.45, 2.75) is 32.5 Å². The molecule has 4 rings (SSSR count). The van der Waals surface area contributed by atoms with E-state index in [0.29, 0.717) is 6.04 Å². The number of hydrogen-bond donors (Lipinski definition) is 2. The summed E-state index contributed by atoms with van der Waals surface area (Å²) in [7, 11) is 0. The number of piperazine rings is 1. The number of rotatable bonds is 7. The molecule has 0 saturated carbocycles. The van der Waals surface area contributed by atoms with Crippen LogP contribution >= 0.6 is 0 Å². The van der Waals surface area contributed by atoms with Crippen LogP contribution in [0.25, 0.3) is 11.3 Å². The summed E-state index contributed by atoms with van der Waals surface area (Å²) in [4.78, 5) is 4.87. The Kier molecular flexibility index (Phi) is 6.57. The Bertz CT molecular complexity index is 956. The standard InChI is InChI=1S/C24H29FN4O/c1-18-5-7-19(8-6-18)15-29-11-10-28(17-23(29)9-12-30)16-21-14-26-27-24(21)20-3-2-4-22(25)13-20/h2-8,13-14,23,30H,9-12,15-17H2,1H3,(H,26,27)/t23-/m0/s1. The molecule has 1 fully saturated rings. The summed E-state index contributed by atoms with van der Waals surface area (Å²) in [6.07, 6.45) is 2.59. The van der Waals surface area contributed by atoms with Gasteiger partial charge in [-0.1, -0.05) is 42.0 Å². The third-order valence-corrected chi connectivity index (χ3v) is 5.88. The molecule has 30 heavy (non-hydrogen) atoms. The van der Waals surface area contributed by atoms with Crippen molar-refractivity contribution in [3.05, 3.63) is 77.2 Å². The Morgan fingerprint density at radius 1 is 1.13 bits per heavy atom. The van der Waals surface area contributed by atoms with E-state index in [9.17, 15) is 9.50 Å². The Morgan fingerprint density at radius 3 is 2.73 bits per heavy atom. The van der Waals surface area contributed by atoms with Crippen molar-refractivity contribution >= 4 is 0 Å². The van der Waals surface area contributed by atoms with E-state index in [1.165, 1.54) is 23.3 Å². The van der Waals surface area contributed by atoms with Crippen LogP contribution in [0, 0.1) is 12.7 Å². The molecule has 0 bridgehead atoms. The number of aryl methyl sites for hydroxylation is 1. The van der Waals surface area contributed by atoms with Crippen LogP contribution in [-0.2, 0) is 13.1 Å². The Hall–Kier alpha value is -2.54. The van der Waals surface area contributed by atoms with Crippen LogP contribution < -0.4 is 0 Å². The van der Waals surface area contributed by atoms with E-state index in [1.807, 2.05) is 12.3 Å². The highest BCUT2D eigenvalue weighted by Crippen LogP contribution is 2.25. The largest absolute Gasteiger partial charge is 0.396 e. The van der Waals surface area contributed by atoms with Gasteiger partial charge in [0.05, 0.1) is 11.9 Å². The number of aromatic nitrogens is 2. The van der Waals surface area contributed by atoms with Gasteiger partial charge in [-0.2, -0.15) is 5.10 Å². The minimum absolute atomic E-state index is 0.184. The maximum atomic E-state index is 13.7. The van der Waals surface area contributed by atoms with E-state index in [1.54, 1.807) is 6.07 Å². The molecule has 2 heterocycles. The summed E-state index contributed by atoms with van der Waals surface area (Å²) in [6, 6.07) is 15.6. The number of hydrogen-bond acceptors (Lipinski definition) is 4. The first kappa shape index (κ1) is 20.7. The third-order valence-electron chi connectivity index (χ3n) is 5.88. The molecule has 0 unspecified atom stereocenters. The molecule has 2 aromatic carbocycles. The van der Waals surface area contributed by atoms with E-state index < -0.39 is 0 Å². The molecule has 0 amide bonds. The van der Waals surface area contributed by atoms with Gasteiger partial charge >= 0.3 is 0 Å². The van der Waals surface area contributed by atoms with Crippen molar-refractivity contribution in [2.75, 3.05) is 26.2 Å². The molecular weight excluding hydrogens is 379 g/mol. The van der Waals surface area contributed by atoms with Crippen molar-refractivity contribution in [3.63, 3.8) is 0 Å². The number of nitrogens with zero attached hydrogens (tertiary/aromatic N) is 3. The van der Waals surface area contributed by atoms with E-state index in [2.05, 4.69) is 51.2 Å². The van der Waals surface area contributed by atoms with Gasteiger partial charge in [-0.05, 0) is 31.0 Å². The van der Waals surface area contributed by atoms with E-state index in [4.69, 9.17) is 0 Å². The first-order valence-corrected chi connectivity index (χ1v) is 10.5. The average molecular weight is 409 g/mol. The first-order chi connectivity index (χ1) is 14.6. The smallest absolute Gasteiger partial charge is 0.123 e. The van der Waals surface area contributed by atoms with Crippen LogP contribution in [0.3, 0.4) is 0 Å². The van der Waals surface area contributed by atoms with Gasteiger partial charge in [0, 0.05) is 56.5 Å². The monoisotopic (exact) mass is 408 g/mol. The SMILES string of the molecule is Cc1ccc(CN2CCN(Cc3cn[nH]c3-c3cccc(F)c3)C[C@@H]2CCO)cc1. The average Bonchev–Trinajstić information content (AvgIpc) is 3.20. The lowest BCUT2D eigenvalue weighted by molar-refractivity contribution is 0.0500. The van der Waals surface area contributed by atoms with Gasteiger partial charge in [-0.25, -0.2) is 4.39 Å². The summed E-state index contributed by atoms with van der Waals surface area (Å²) in [5, 5.41) is 16.8. The number of benzene rings is 2. The number of H-pyrrole nitrogens is 1. The highest BCUT2D eigenvalue weighted by atomic mass is 19.1. The van der Waals surface area contributed by atoms with E-state index in [-0.39, 0.29) is 12.4 Å². The van der Waals surface area contributed by atoms with Crippen molar-refractivity contribution in [3.8, 4) is 11.3 Å². The fraction of sp³-hybridized carbons (Fsp3) is 0.375. The molecule has 1 aromatic heterocycles. The van der Waals surface area contributed by atoms with Gasteiger partial charge in [-0.3, -0.25) is 14.9 Å². The molecule has 0 spiro atoms. The normalized spacial score (nSPS) is 18.0. The lowest BCUT2D eigenvalue weighted by Gasteiger charge is -2.41. The second kappa shape index (κ2) is 9.51. The zero-order valence-electron chi connectivity index (χ0n) is 17.4. The molecular formula is C24H29FN4O. The molecule has 5 nitrogen and oxygen atoms in total. The lowest BCUT2D eigenvalue weighted by Crippen LogP contribution is -2.52. The second-order valence-electron chi connectivity index (χ2n) is 8.14. The van der Waals surface area contributed by atoms with Crippen LogP contribution in [-0.4, -0.2) is 57.4 Å². The quantitative estimate of drug-likeness (QED) is 0.627. The van der Waals surface area contributed by atoms with Crippen molar-refractivity contribution in [2.24, 2.45) is 0 Å². The maximum absolute atomic E-state index is 13.7. The number of aromatic amines is 1. The van der Waals surface area contributed by atoms with Crippen LogP contribution in [0.2, 0.25) is 0 Å². The van der Waals surface area contributed by atoms with Gasteiger partial charge in [0.1, 0.15) is 5.82 Å². The number of halogens is 1. The molecule has 158 valence electrons. The Labute approximate surface area is 177 Å². The van der Waals surface area contributed by atoms with Crippen molar-refractivity contribution < 1.29 is 9.50 Å². The lowest BCUT2D eigenvalue weighted by atomic mass is 10.0. The molecule has 1 aliphatic rings. The first-order valence-electron chi connectivity index (χ1n) is 10.5. The summed E-state index contributed by atoms with van der Waals surface area (Å²) in [5.41, 5.74) is 5.32. The minimum Gasteiger partial charge on any atom is -0.396 e. The van der Waals surface area contributed by atoms with Gasteiger partial charge in [0.25, 0.3) is 0 Å². The molecule has 3 aromatic rings. The zero-order valence-corrected chi connectivity index (χ0v) is 17.4. The van der Waals surface area contributed by atoms with Gasteiger partial charge in [0.2, 0.25) is 0 Å². The second-order valence-corrected chi connectivity index (χ2v) is 8.14. The summed E-state index contributed by atoms with van der Waals surface area (Å²) in [6.45, 7) is 6.73. The maximum Gasteiger partial charge on any atom is 0.123 e. The van der Waals surface area contributed by atoms with Crippen LogP contribution in [0.4, 0.5) is 4.39 Å². The number of nitrogens with one attached hydrogen (secondary N) is 1. The molecule has 6 heteroatoms. The summed E-state index contributed by atoms with van der Waals surface area (Å²) >= 11 is 0. The van der Waals surface area contributed by atoms with E-state index >= 15 is 0 Å². The Morgan fingerprint density at radius 2 is 1.97 bits per heavy atom. The fourth-order valence-electron chi connectivity index (χ4n) is 4.23. The molecule has 1 atom stereocenters. The molecule has 1 aliphatic heterocycles. The third kappa shape index (κ3) is 4.95. The molecule has 0 radical (unpaired) electrons. The highest BCUT2D eigenvalue weighted by Gasteiger charge is 2.27. The molecule has 2 N–H and O–H groups in total. The Balaban J connectivity index is 1.44. The predicted molar refractivity (Wildman–Crippen MR) is 116 cm³/mol. The molecule has 0 aliphatic carbocycles. The minimum atomic E-state index is -0.249. The summed E-state index contributed by atoms with van der Waals surface area (Å²) in [5.74, 6) is -0.249.